The third-order valence-electron chi connectivity index (χ3n) is 1.73. The topological polar surface area (TPSA) is 86.5 Å². The number of benzene rings is 1. The number of methoxy groups -OCH3 is 1. The molecule has 0 aliphatic rings. The fourth-order valence-electron chi connectivity index (χ4n) is 1.01. The van der Waals surface area contributed by atoms with Crippen LogP contribution in [0.3, 0.4) is 0 Å². The Morgan fingerprint density at radius 2 is 2.06 bits per heavy atom. The van der Waals surface area contributed by atoms with E-state index in [1.54, 1.807) is 0 Å². The molecule has 1 aromatic carbocycles. The van der Waals surface area contributed by atoms with Gasteiger partial charge in [-0.05, 0) is 28.1 Å². The van der Waals surface area contributed by atoms with Crippen LogP contribution in [0.25, 0.3) is 0 Å². The van der Waals surface area contributed by atoms with Gasteiger partial charge < -0.3 is 4.74 Å². The van der Waals surface area contributed by atoms with E-state index in [2.05, 4.69) is 20.7 Å². The fraction of sp³-hybridized carbons (Fsp3) is 0.125. The molecule has 0 saturated heterocycles. The Labute approximate surface area is 99.6 Å². The van der Waals surface area contributed by atoms with Crippen molar-refractivity contribution in [2.75, 3.05) is 7.11 Å². The summed E-state index contributed by atoms with van der Waals surface area (Å²) in [5, 5.41) is 4.78. The van der Waals surface area contributed by atoms with Gasteiger partial charge in [0.15, 0.2) is 0 Å². The summed E-state index contributed by atoms with van der Waals surface area (Å²) in [6.45, 7) is 0. The van der Waals surface area contributed by atoms with Crippen LogP contribution in [-0.2, 0) is 14.8 Å². The van der Waals surface area contributed by atoms with Crippen molar-refractivity contribution in [2.24, 2.45) is 5.14 Å². The highest BCUT2D eigenvalue weighted by Gasteiger charge is 2.20. The van der Waals surface area contributed by atoms with Gasteiger partial charge in [-0.15, -0.1) is 0 Å². The monoisotopic (exact) mass is 311 g/mol. The van der Waals surface area contributed by atoms with E-state index in [0.29, 0.717) is 0 Å². The van der Waals surface area contributed by atoms with Crippen molar-refractivity contribution in [3.05, 3.63) is 28.0 Å². The molecule has 0 aromatic heterocycles. The minimum atomic E-state index is -4.22. The van der Waals surface area contributed by atoms with Crippen molar-refractivity contribution in [3.63, 3.8) is 0 Å². The van der Waals surface area contributed by atoms with Gasteiger partial charge in [0.25, 0.3) is 0 Å². The van der Waals surface area contributed by atoms with Crippen molar-refractivity contribution in [2.45, 2.75) is 4.90 Å². The Bertz CT molecular complexity index is 543. The normalized spacial score (nSPS) is 11.2. The Hall–Kier alpha value is -0.990. The first-order chi connectivity index (χ1) is 7.27. The SMILES string of the molecule is COC(=O)c1cc(S(N)(=O)=O)c(F)cc1Br. The third kappa shape index (κ3) is 2.57. The second-order valence-electron chi connectivity index (χ2n) is 2.80. The van der Waals surface area contributed by atoms with Crippen LogP contribution < -0.4 is 5.14 Å². The van der Waals surface area contributed by atoms with Crippen molar-refractivity contribution < 1.29 is 22.3 Å². The second kappa shape index (κ2) is 4.48. The lowest BCUT2D eigenvalue weighted by Crippen LogP contribution is -2.15. The highest BCUT2D eigenvalue weighted by molar-refractivity contribution is 9.10. The summed E-state index contributed by atoms with van der Waals surface area (Å²) in [5.41, 5.74) is -0.118. The van der Waals surface area contributed by atoms with E-state index < -0.39 is 26.7 Å². The molecule has 0 unspecified atom stereocenters. The number of halogens is 2. The number of carbonyl (C=O) groups is 1. The molecule has 88 valence electrons. The van der Waals surface area contributed by atoms with E-state index in [9.17, 15) is 17.6 Å². The van der Waals surface area contributed by atoms with Crippen molar-refractivity contribution >= 4 is 31.9 Å². The second-order valence-corrected chi connectivity index (χ2v) is 5.18. The van der Waals surface area contributed by atoms with Crippen molar-refractivity contribution in [1.82, 2.24) is 0 Å². The molecular formula is C8H7BrFNO4S. The standard InChI is InChI=1S/C8H7BrFNO4S/c1-15-8(12)4-2-7(16(11,13)14)6(10)3-5(4)9/h2-3H,1H3,(H2,11,13,14). The average molecular weight is 312 g/mol. The van der Waals surface area contributed by atoms with Crippen molar-refractivity contribution in [3.8, 4) is 0 Å². The summed E-state index contributed by atoms with van der Waals surface area (Å²) in [5.74, 6) is -1.83. The van der Waals surface area contributed by atoms with Crippen LogP contribution in [0.1, 0.15) is 10.4 Å². The molecule has 5 nitrogen and oxygen atoms in total. The Kier molecular flexibility index (Phi) is 3.66. The zero-order chi connectivity index (χ0) is 12.5. The maximum absolute atomic E-state index is 13.3. The lowest BCUT2D eigenvalue weighted by Gasteiger charge is -2.06. The number of esters is 1. The summed E-state index contributed by atoms with van der Waals surface area (Å²) in [4.78, 5) is 10.5. The summed E-state index contributed by atoms with van der Waals surface area (Å²) in [6.07, 6.45) is 0. The molecule has 0 saturated carbocycles. The maximum Gasteiger partial charge on any atom is 0.339 e. The molecule has 0 radical (unpaired) electrons. The molecular weight excluding hydrogens is 305 g/mol. The summed E-state index contributed by atoms with van der Waals surface area (Å²) in [7, 11) is -3.10. The molecule has 1 rings (SSSR count). The van der Waals surface area contributed by atoms with Crippen LogP contribution in [0.4, 0.5) is 4.39 Å². The molecule has 0 aliphatic carbocycles. The Morgan fingerprint density at radius 3 is 2.50 bits per heavy atom. The molecule has 1 aromatic rings. The van der Waals surface area contributed by atoms with E-state index in [0.717, 1.165) is 19.2 Å². The van der Waals surface area contributed by atoms with Crippen LogP contribution in [0.15, 0.2) is 21.5 Å². The molecule has 16 heavy (non-hydrogen) atoms. The molecule has 0 bridgehead atoms. The number of ether oxygens (including phenoxy) is 1. The molecule has 0 spiro atoms. The van der Waals surface area contributed by atoms with Crippen LogP contribution in [0.2, 0.25) is 0 Å². The highest BCUT2D eigenvalue weighted by Crippen LogP contribution is 2.24. The molecule has 8 heteroatoms. The van der Waals surface area contributed by atoms with E-state index in [-0.39, 0.29) is 10.0 Å². The van der Waals surface area contributed by atoms with Gasteiger partial charge in [-0.25, -0.2) is 22.7 Å². The van der Waals surface area contributed by atoms with Crippen LogP contribution in [0, 0.1) is 5.82 Å². The van der Waals surface area contributed by atoms with E-state index >= 15 is 0 Å². The lowest BCUT2D eigenvalue weighted by molar-refractivity contribution is 0.0599. The largest absolute Gasteiger partial charge is 0.465 e. The number of sulfonamides is 1. The minimum absolute atomic E-state index is 0.0873. The molecule has 0 amide bonds. The number of carbonyl (C=O) groups excluding carboxylic acids is 1. The van der Waals surface area contributed by atoms with Crippen LogP contribution in [0.5, 0.6) is 0 Å². The first kappa shape index (κ1) is 13.1. The highest BCUT2D eigenvalue weighted by atomic mass is 79.9. The van der Waals surface area contributed by atoms with Gasteiger partial charge in [0.05, 0.1) is 12.7 Å². The molecule has 0 fully saturated rings. The average Bonchev–Trinajstić information content (AvgIpc) is 2.14. The molecule has 2 N–H and O–H groups in total. The van der Waals surface area contributed by atoms with Gasteiger partial charge in [0.2, 0.25) is 10.0 Å². The Balaban J connectivity index is 3.51. The number of primary sulfonamides is 1. The van der Waals surface area contributed by atoms with Crippen LogP contribution in [-0.4, -0.2) is 21.5 Å². The number of nitrogens with two attached hydrogens (primary N) is 1. The Morgan fingerprint density at radius 1 is 1.50 bits per heavy atom. The predicted molar refractivity (Wildman–Crippen MR) is 56.8 cm³/mol. The lowest BCUT2D eigenvalue weighted by atomic mass is 10.2. The van der Waals surface area contributed by atoms with E-state index in [1.807, 2.05) is 0 Å². The molecule has 0 atom stereocenters. The van der Waals surface area contributed by atoms with Crippen molar-refractivity contribution in [1.29, 1.82) is 0 Å². The van der Waals surface area contributed by atoms with Gasteiger partial charge in [-0.1, -0.05) is 0 Å². The first-order valence-electron chi connectivity index (χ1n) is 3.87. The van der Waals surface area contributed by atoms with Gasteiger partial charge in [0.1, 0.15) is 10.7 Å². The number of hydrogen-bond donors (Lipinski definition) is 1. The van der Waals surface area contributed by atoms with E-state index in [4.69, 9.17) is 5.14 Å². The number of hydrogen-bond acceptors (Lipinski definition) is 4. The smallest absolute Gasteiger partial charge is 0.339 e. The van der Waals surface area contributed by atoms with Gasteiger partial charge in [-0.3, -0.25) is 0 Å². The predicted octanol–water partition coefficient (Wildman–Crippen LogP) is 1.02. The van der Waals surface area contributed by atoms with Gasteiger partial charge in [-0.2, -0.15) is 0 Å². The first-order valence-corrected chi connectivity index (χ1v) is 6.21. The van der Waals surface area contributed by atoms with E-state index in [1.165, 1.54) is 0 Å². The quantitative estimate of drug-likeness (QED) is 0.826. The summed E-state index contributed by atoms with van der Waals surface area (Å²) < 4.78 is 39.7. The number of rotatable bonds is 2. The third-order valence-corrected chi connectivity index (χ3v) is 3.32. The summed E-state index contributed by atoms with van der Waals surface area (Å²) in [6, 6.07) is 1.66. The molecule has 0 aliphatic heterocycles. The van der Waals surface area contributed by atoms with Crippen LogP contribution >= 0.6 is 15.9 Å². The minimum Gasteiger partial charge on any atom is -0.465 e. The zero-order valence-corrected chi connectivity index (χ0v) is 10.4. The zero-order valence-electron chi connectivity index (χ0n) is 8.03. The summed E-state index contributed by atoms with van der Waals surface area (Å²) >= 11 is 2.91. The maximum atomic E-state index is 13.3. The van der Waals surface area contributed by atoms with Gasteiger partial charge >= 0.3 is 5.97 Å². The van der Waals surface area contributed by atoms with Gasteiger partial charge in [0, 0.05) is 4.47 Å². The fourth-order valence-corrected chi connectivity index (χ4v) is 2.10. The molecule has 0 heterocycles.